The van der Waals surface area contributed by atoms with Gasteiger partial charge in [0.05, 0.1) is 10.8 Å². The largest absolute Gasteiger partial charge is 0.363 e. The van der Waals surface area contributed by atoms with Crippen LogP contribution in [-0.4, -0.2) is 22.2 Å². The van der Waals surface area contributed by atoms with Crippen LogP contribution in [0, 0.1) is 0 Å². The SMILES string of the molecule is CNc1nnc(CSc2cc3ccccc3[nH]2)s1. The van der Waals surface area contributed by atoms with Gasteiger partial charge in [0.2, 0.25) is 5.13 Å². The van der Waals surface area contributed by atoms with Crippen LogP contribution in [0.15, 0.2) is 35.4 Å². The molecular formula is C12H12N4S2. The summed E-state index contributed by atoms with van der Waals surface area (Å²) >= 11 is 3.34. The fourth-order valence-corrected chi connectivity index (χ4v) is 3.31. The second-order valence-corrected chi connectivity index (χ2v) is 5.84. The summed E-state index contributed by atoms with van der Waals surface area (Å²) < 4.78 is 0. The Morgan fingerprint density at radius 3 is 3.00 bits per heavy atom. The number of fused-ring (bicyclic) bond motifs is 1. The first kappa shape index (κ1) is 11.6. The summed E-state index contributed by atoms with van der Waals surface area (Å²) in [5.74, 6) is 0.839. The van der Waals surface area contributed by atoms with Crippen molar-refractivity contribution >= 4 is 39.1 Å². The number of rotatable bonds is 4. The lowest BCUT2D eigenvalue weighted by atomic mass is 10.3. The third kappa shape index (κ3) is 2.34. The van der Waals surface area contributed by atoms with Gasteiger partial charge >= 0.3 is 0 Å². The summed E-state index contributed by atoms with van der Waals surface area (Å²) in [6.45, 7) is 0. The molecule has 0 atom stereocenters. The van der Waals surface area contributed by atoms with E-state index in [4.69, 9.17) is 0 Å². The molecule has 4 nitrogen and oxygen atoms in total. The van der Waals surface area contributed by atoms with E-state index in [1.165, 1.54) is 10.9 Å². The fraction of sp³-hybridized carbons (Fsp3) is 0.167. The van der Waals surface area contributed by atoms with E-state index in [1.54, 1.807) is 23.1 Å². The number of benzene rings is 1. The van der Waals surface area contributed by atoms with Gasteiger partial charge < -0.3 is 10.3 Å². The van der Waals surface area contributed by atoms with Gasteiger partial charge in [-0.25, -0.2) is 0 Å². The van der Waals surface area contributed by atoms with Crippen LogP contribution >= 0.6 is 23.1 Å². The molecule has 1 aromatic carbocycles. The minimum Gasteiger partial charge on any atom is -0.363 e. The maximum atomic E-state index is 4.13. The maximum Gasteiger partial charge on any atom is 0.205 e. The van der Waals surface area contributed by atoms with E-state index >= 15 is 0 Å². The lowest BCUT2D eigenvalue weighted by Crippen LogP contribution is -1.84. The molecule has 0 spiro atoms. The van der Waals surface area contributed by atoms with Crippen LogP contribution in [-0.2, 0) is 5.75 Å². The van der Waals surface area contributed by atoms with Crippen molar-refractivity contribution in [3.8, 4) is 0 Å². The molecule has 6 heteroatoms. The molecule has 92 valence electrons. The molecule has 18 heavy (non-hydrogen) atoms. The molecule has 0 saturated heterocycles. The summed E-state index contributed by atoms with van der Waals surface area (Å²) in [6.07, 6.45) is 0. The second kappa shape index (κ2) is 4.99. The zero-order valence-corrected chi connectivity index (χ0v) is 11.4. The highest BCUT2D eigenvalue weighted by molar-refractivity contribution is 7.98. The van der Waals surface area contributed by atoms with Crippen molar-refractivity contribution in [1.82, 2.24) is 15.2 Å². The summed E-state index contributed by atoms with van der Waals surface area (Å²) in [5.41, 5.74) is 1.17. The van der Waals surface area contributed by atoms with E-state index in [0.29, 0.717) is 0 Å². The third-order valence-electron chi connectivity index (χ3n) is 2.54. The van der Waals surface area contributed by atoms with Crippen LogP contribution in [0.1, 0.15) is 5.01 Å². The predicted molar refractivity (Wildman–Crippen MR) is 77.3 cm³/mol. The van der Waals surface area contributed by atoms with E-state index in [2.05, 4.69) is 44.8 Å². The van der Waals surface area contributed by atoms with Gasteiger partial charge in [0.15, 0.2) is 0 Å². The van der Waals surface area contributed by atoms with E-state index < -0.39 is 0 Å². The highest BCUT2D eigenvalue weighted by Crippen LogP contribution is 2.27. The van der Waals surface area contributed by atoms with Gasteiger partial charge in [-0.05, 0) is 12.1 Å². The summed E-state index contributed by atoms with van der Waals surface area (Å²) in [7, 11) is 1.86. The molecule has 0 fully saturated rings. The van der Waals surface area contributed by atoms with Crippen molar-refractivity contribution in [3.63, 3.8) is 0 Å². The first-order valence-electron chi connectivity index (χ1n) is 5.56. The average Bonchev–Trinajstić information content (AvgIpc) is 3.02. The van der Waals surface area contributed by atoms with E-state index in [-0.39, 0.29) is 0 Å². The monoisotopic (exact) mass is 276 g/mol. The maximum absolute atomic E-state index is 4.13. The van der Waals surface area contributed by atoms with Crippen molar-refractivity contribution in [1.29, 1.82) is 0 Å². The topological polar surface area (TPSA) is 53.6 Å². The van der Waals surface area contributed by atoms with Crippen LogP contribution in [0.4, 0.5) is 5.13 Å². The molecule has 3 rings (SSSR count). The van der Waals surface area contributed by atoms with Gasteiger partial charge in [0, 0.05) is 18.0 Å². The highest BCUT2D eigenvalue weighted by Gasteiger charge is 2.05. The highest BCUT2D eigenvalue weighted by atomic mass is 32.2. The number of H-pyrrole nitrogens is 1. The van der Waals surface area contributed by atoms with Gasteiger partial charge in [0.1, 0.15) is 5.01 Å². The lowest BCUT2D eigenvalue weighted by molar-refractivity contribution is 1.04. The van der Waals surface area contributed by atoms with Crippen LogP contribution in [0.2, 0.25) is 0 Å². The number of nitrogens with one attached hydrogen (secondary N) is 2. The smallest absolute Gasteiger partial charge is 0.205 e. The Morgan fingerprint density at radius 2 is 2.22 bits per heavy atom. The molecule has 2 heterocycles. The zero-order valence-electron chi connectivity index (χ0n) is 9.80. The number of nitrogens with zero attached hydrogens (tertiary/aromatic N) is 2. The van der Waals surface area contributed by atoms with E-state index in [1.807, 2.05) is 13.1 Å². The first-order chi connectivity index (χ1) is 8.85. The molecule has 0 aliphatic carbocycles. The summed E-state index contributed by atoms with van der Waals surface area (Å²) in [6, 6.07) is 10.5. The minimum atomic E-state index is 0.839. The van der Waals surface area contributed by atoms with Crippen LogP contribution < -0.4 is 5.32 Å². The van der Waals surface area contributed by atoms with Crippen molar-refractivity contribution in [2.24, 2.45) is 0 Å². The molecule has 0 unspecified atom stereocenters. The first-order valence-corrected chi connectivity index (χ1v) is 7.36. The zero-order chi connectivity index (χ0) is 12.4. The van der Waals surface area contributed by atoms with Crippen molar-refractivity contribution in [2.45, 2.75) is 10.8 Å². The van der Waals surface area contributed by atoms with Gasteiger partial charge in [-0.2, -0.15) is 0 Å². The van der Waals surface area contributed by atoms with Crippen molar-refractivity contribution in [3.05, 3.63) is 35.3 Å². The van der Waals surface area contributed by atoms with Crippen LogP contribution in [0.3, 0.4) is 0 Å². The van der Waals surface area contributed by atoms with E-state index in [0.717, 1.165) is 20.9 Å². The Hall–Kier alpha value is -1.53. The molecule has 0 radical (unpaired) electrons. The Kier molecular flexibility index (Phi) is 3.21. The number of aromatic nitrogens is 3. The Bertz CT molecular complexity index is 626. The molecule has 0 aliphatic rings. The molecular weight excluding hydrogens is 264 g/mol. The Labute approximate surface area is 113 Å². The average molecular weight is 276 g/mol. The van der Waals surface area contributed by atoms with Crippen LogP contribution in [0.25, 0.3) is 10.9 Å². The van der Waals surface area contributed by atoms with Crippen molar-refractivity contribution < 1.29 is 0 Å². The van der Waals surface area contributed by atoms with Gasteiger partial charge in [-0.3, -0.25) is 0 Å². The lowest BCUT2D eigenvalue weighted by Gasteiger charge is -1.93. The number of hydrogen-bond acceptors (Lipinski definition) is 5. The van der Waals surface area contributed by atoms with E-state index in [9.17, 15) is 0 Å². The van der Waals surface area contributed by atoms with Gasteiger partial charge in [-0.15, -0.1) is 22.0 Å². The third-order valence-corrected chi connectivity index (χ3v) is 4.61. The normalized spacial score (nSPS) is 10.9. The number of para-hydroxylation sites is 1. The molecule has 3 aromatic rings. The number of aromatic amines is 1. The molecule has 0 aliphatic heterocycles. The second-order valence-electron chi connectivity index (χ2n) is 3.76. The quantitative estimate of drug-likeness (QED) is 0.717. The minimum absolute atomic E-state index is 0.839. The Morgan fingerprint density at radius 1 is 1.33 bits per heavy atom. The molecule has 2 aromatic heterocycles. The van der Waals surface area contributed by atoms with Crippen LogP contribution in [0.5, 0.6) is 0 Å². The molecule has 0 amide bonds. The number of hydrogen-bond donors (Lipinski definition) is 2. The standard InChI is InChI=1S/C12H12N4S2/c1-13-12-16-15-11(18-12)7-17-10-6-8-4-2-3-5-9(8)14-10/h2-6,14H,7H2,1H3,(H,13,16). The fourth-order valence-electron chi connectivity index (χ4n) is 1.68. The summed E-state index contributed by atoms with van der Waals surface area (Å²) in [4.78, 5) is 3.39. The Balaban J connectivity index is 1.72. The van der Waals surface area contributed by atoms with Gasteiger partial charge in [-0.1, -0.05) is 29.5 Å². The van der Waals surface area contributed by atoms with Gasteiger partial charge in [0.25, 0.3) is 0 Å². The summed E-state index contributed by atoms with van der Waals surface area (Å²) in [5, 5.41) is 15.4. The predicted octanol–water partition coefficient (Wildman–Crippen LogP) is 3.35. The number of anilines is 1. The molecule has 0 saturated carbocycles. The molecule has 2 N–H and O–H groups in total. The molecule has 0 bridgehead atoms. The number of thioether (sulfide) groups is 1. The van der Waals surface area contributed by atoms with Crippen molar-refractivity contribution in [2.75, 3.05) is 12.4 Å².